The van der Waals surface area contributed by atoms with Gasteiger partial charge in [-0.1, -0.05) is 0 Å². The molecule has 1 unspecified atom stereocenters. The Morgan fingerprint density at radius 1 is 1.45 bits per heavy atom. The number of aliphatic carboxylic acids is 1. The second-order valence-electron chi connectivity index (χ2n) is 2.05. The number of hydrogen-bond acceptors (Lipinski definition) is 3. The molecule has 0 aromatic rings. The Morgan fingerprint density at radius 2 is 2.00 bits per heavy atom. The molecular weight excluding hydrogens is 148 g/mol. The van der Waals surface area contributed by atoms with Crippen molar-refractivity contribution in [2.24, 2.45) is 0 Å². The predicted octanol–water partition coefficient (Wildman–Crippen LogP) is -1.20. The third-order valence-corrected chi connectivity index (χ3v) is 1.29. The van der Waals surface area contributed by atoms with E-state index in [-0.39, 0.29) is 12.3 Å². The van der Waals surface area contributed by atoms with E-state index in [9.17, 15) is 9.59 Å². The molecule has 0 radical (unpaired) electrons. The van der Waals surface area contributed by atoms with Gasteiger partial charge in [-0.2, -0.15) is 0 Å². The van der Waals surface area contributed by atoms with Gasteiger partial charge < -0.3 is 15.7 Å². The summed E-state index contributed by atoms with van der Waals surface area (Å²) in [6.07, 6.45) is -0.198. The molecule has 0 bridgehead atoms. The van der Waals surface area contributed by atoms with E-state index in [2.05, 4.69) is 10.6 Å². The van der Waals surface area contributed by atoms with Gasteiger partial charge in [0.05, 0.1) is 12.5 Å². The number of carboxylic acid groups (broad SMARTS) is 1. The molecule has 5 heteroatoms. The van der Waals surface area contributed by atoms with Crippen molar-refractivity contribution in [1.29, 1.82) is 0 Å². The molecule has 0 spiro atoms. The summed E-state index contributed by atoms with van der Waals surface area (Å²) < 4.78 is 0. The molecule has 0 aliphatic rings. The molecule has 0 fully saturated rings. The van der Waals surface area contributed by atoms with Gasteiger partial charge in [0.15, 0.2) is 0 Å². The van der Waals surface area contributed by atoms with Crippen LogP contribution in [-0.4, -0.2) is 37.1 Å². The highest BCUT2D eigenvalue weighted by atomic mass is 16.4. The van der Waals surface area contributed by atoms with Crippen molar-refractivity contribution >= 4 is 11.9 Å². The topological polar surface area (TPSA) is 78.4 Å². The maximum atomic E-state index is 10.8. The van der Waals surface area contributed by atoms with E-state index in [1.165, 1.54) is 7.05 Å². The first kappa shape index (κ1) is 9.90. The summed E-state index contributed by atoms with van der Waals surface area (Å²) in [6.45, 7) is 0. The van der Waals surface area contributed by atoms with E-state index in [0.717, 1.165) is 0 Å². The molecule has 1 amide bonds. The van der Waals surface area contributed by atoms with Crippen LogP contribution in [0.15, 0.2) is 0 Å². The average molecular weight is 160 g/mol. The summed E-state index contributed by atoms with van der Waals surface area (Å²) in [4.78, 5) is 21.0. The van der Waals surface area contributed by atoms with Gasteiger partial charge in [0.25, 0.3) is 0 Å². The lowest BCUT2D eigenvalue weighted by molar-refractivity contribution is -0.139. The summed E-state index contributed by atoms with van der Waals surface area (Å²) in [7, 11) is 3.01. The smallest absolute Gasteiger partial charge is 0.305 e. The van der Waals surface area contributed by atoms with Gasteiger partial charge in [-0.3, -0.25) is 9.59 Å². The zero-order chi connectivity index (χ0) is 8.85. The first-order valence-corrected chi connectivity index (χ1v) is 3.22. The summed E-state index contributed by atoms with van der Waals surface area (Å²) in [5.41, 5.74) is 0. The summed E-state index contributed by atoms with van der Waals surface area (Å²) >= 11 is 0. The summed E-state index contributed by atoms with van der Waals surface area (Å²) in [5, 5.41) is 13.3. The number of likely N-dealkylation sites (N-methyl/N-ethyl adjacent to an activating group) is 2. The highest BCUT2D eigenvalue weighted by Gasteiger charge is 2.17. The predicted molar refractivity (Wildman–Crippen MR) is 39.2 cm³/mol. The molecule has 5 nitrogen and oxygen atoms in total. The maximum Gasteiger partial charge on any atom is 0.305 e. The van der Waals surface area contributed by atoms with Gasteiger partial charge in [-0.05, 0) is 7.05 Å². The molecular formula is C6H12N2O3. The Morgan fingerprint density at radius 3 is 2.27 bits per heavy atom. The molecule has 1 atom stereocenters. The van der Waals surface area contributed by atoms with Crippen molar-refractivity contribution in [2.75, 3.05) is 14.1 Å². The molecule has 0 aliphatic heterocycles. The average Bonchev–Trinajstić information content (AvgIpc) is 1.98. The van der Waals surface area contributed by atoms with Crippen LogP contribution >= 0.6 is 0 Å². The minimum absolute atomic E-state index is 0.198. The van der Waals surface area contributed by atoms with Crippen LogP contribution < -0.4 is 10.6 Å². The lowest BCUT2D eigenvalue weighted by atomic mass is 10.2. The second kappa shape index (κ2) is 4.68. The fourth-order valence-corrected chi connectivity index (χ4v) is 0.675. The maximum absolute atomic E-state index is 10.8. The highest BCUT2D eigenvalue weighted by Crippen LogP contribution is 1.90. The van der Waals surface area contributed by atoms with Gasteiger partial charge in [-0.15, -0.1) is 0 Å². The van der Waals surface area contributed by atoms with E-state index in [0.29, 0.717) is 0 Å². The number of rotatable bonds is 4. The molecule has 0 saturated heterocycles. The van der Waals surface area contributed by atoms with Crippen LogP contribution in [0.4, 0.5) is 0 Å². The van der Waals surface area contributed by atoms with E-state index in [1.807, 2.05) is 0 Å². The Bertz CT molecular complexity index is 158. The number of carbonyl (C=O) groups excluding carboxylic acids is 1. The lowest BCUT2D eigenvalue weighted by Gasteiger charge is -2.10. The fraction of sp³-hybridized carbons (Fsp3) is 0.667. The first-order chi connectivity index (χ1) is 5.11. The first-order valence-electron chi connectivity index (χ1n) is 3.22. The van der Waals surface area contributed by atoms with Crippen molar-refractivity contribution in [2.45, 2.75) is 12.5 Å². The van der Waals surface area contributed by atoms with Crippen LogP contribution in [0.3, 0.4) is 0 Å². The monoisotopic (exact) mass is 160 g/mol. The van der Waals surface area contributed by atoms with Crippen molar-refractivity contribution < 1.29 is 14.7 Å². The largest absolute Gasteiger partial charge is 0.481 e. The second-order valence-corrected chi connectivity index (χ2v) is 2.05. The number of nitrogens with one attached hydrogen (secondary N) is 2. The Hall–Kier alpha value is -1.10. The van der Waals surface area contributed by atoms with Crippen LogP contribution in [0.2, 0.25) is 0 Å². The molecule has 0 saturated carbocycles. The Labute approximate surface area is 64.8 Å². The standard InChI is InChI=1S/C6H12N2O3/c1-7-4(3-5(9)10)6(11)8-2/h4,7H,3H2,1-2H3,(H,8,11)(H,9,10). The van der Waals surface area contributed by atoms with Crippen LogP contribution in [0.1, 0.15) is 6.42 Å². The van der Waals surface area contributed by atoms with E-state index < -0.39 is 12.0 Å². The Kier molecular flexibility index (Phi) is 4.21. The molecule has 64 valence electrons. The zero-order valence-corrected chi connectivity index (χ0v) is 6.55. The van der Waals surface area contributed by atoms with Crippen LogP contribution in [0.5, 0.6) is 0 Å². The SMILES string of the molecule is CNC(=O)C(CC(=O)O)NC. The lowest BCUT2D eigenvalue weighted by Crippen LogP contribution is -2.42. The third-order valence-electron chi connectivity index (χ3n) is 1.29. The molecule has 11 heavy (non-hydrogen) atoms. The van der Waals surface area contributed by atoms with Crippen LogP contribution in [-0.2, 0) is 9.59 Å². The van der Waals surface area contributed by atoms with E-state index >= 15 is 0 Å². The molecule has 0 rings (SSSR count). The minimum atomic E-state index is -0.993. The van der Waals surface area contributed by atoms with E-state index in [4.69, 9.17) is 5.11 Å². The van der Waals surface area contributed by atoms with Gasteiger partial charge >= 0.3 is 5.97 Å². The quantitative estimate of drug-likeness (QED) is 0.482. The van der Waals surface area contributed by atoms with Gasteiger partial charge in [-0.25, -0.2) is 0 Å². The van der Waals surface area contributed by atoms with Gasteiger partial charge in [0, 0.05) is 7.05 Å². The molecule has 3 N–H and O–H groups in total. The summed E-state index contributed by atoms with van der Waals surface area (Å²) in [6, 6.07) is -0.641. The molecule has 0 aromatic carbocycles. The number of hydrogen-bond donors (Lipinski definition) is 3. The minimum Gasteiger partial charge on any atom is -0.481 e. The summed E-state index contributed by atoms with van der Waals surface area (Å²) in [5.74, 6) is -1.30. The Balaban J connectivity index is 3.94. The molecule has 0 aromatic heterocycles. The van der Waals surface area contributed by atoms with Crippen molar-refractivity contribution in [3.63, 3.8) is 0 Å². The normalized spacial score (nSPS) is 12.2. The van der Waals surface area contributed by atoms with Crippen LogP contribution in [0.25, 0.3) is 0 Å². The zero-order valence-electron chi connectivity index (χ0n) is 6.55. The number of amides is 1. The van der Waals surface area contributed by atoms with Crippen molar-refractivity contribution in [1.82, 2.24) is 10.6 Å². The third kappa shape index (κ3) is 3.57. The highest BCUT2D eigenvalue weighted by molar-refractivity contribution is 5.85. The van der Waals surface area contributed by atoms with Crippen molar-refractivity contribution in [3.05, 3.63) is 0 Å². The van der Waals surface area contributed by atoms with Crippen LogP contribution in [0, 0.1) is 0 Å². The van der Waals surface area contributed by atoms with E-state index in [1.54, 1.807) is 7.05 Å². The fourth-order valence-electron chi connectivity index (χ4n) is 0.675. The number of carboxylic acids is 1. The number of carbonyl (C=O) groups is 2. The van der Waals surface area contributed by atoms with Gasteiger partial charge in [0.1, 0.15) is 0 Å². The van der Waals surface area contributed by atoms with Gasteiger partial charge in [0.2, 0.25) is 5.91 Å². The molecule has 0 aliphatic carbocycles. The van der Waals surface area contributed by atoms with Crippen molar-refractivity contribution in [3.8, 4) is 0 Å². The molecule has 0 heterocycles.